The van der Waals surface area contributed by atoms with Crippen LogP contribution in [0.4, 0.5) is 0 Å². The zero-order valence-corrected chi connectivity index (χ0v) is 14.6. The summed E-state index contributed by atoms with van der Waals surface area (Å²) in [6.07, 6.45) is 0. The van der Waals surface area contributed by atoms with E-state index in [1.807, 2.05) is 54.6 Å². The van der Waals surface area contributed by atoms with Gasteiger partial charge in [0.2, 0.25) is 0 Å². The van der Waals surface area contributed by atoms with Gasteiger partial charge in [0.1, 0.15) is 11.6 Å². The molecule has 1 aromatic heterocycles. The van der Waals surface area contributed by atoms with E-state index in [-0.39, 0.29) is 11.2 Å². The monoisotopic (exact) mass is 328 g/mol. The number of aromatic hydroxyl groups is 1. The molecule has 0 radical (unpaired) electrons. The smallest absolute Gasteiger partial charge is 0.135 e. The predicted molar refractivity (Wildman–Crippen MR) is 103 cm³/mol. The maximum absolute atomic E-state index is 10.7. The molecule has 0 aliphatic carbocycles. The molecule has 0 saturated carbocycles. The lowest BCUT2D eigenvalue weighted by molar-refractivity contribution is 0.477. The highest BCUT2D eigenvalue weighted by molar-refractivity contribution is 6.05. The number of phenolic OH excluding ortho intramolecular Hbond substituents is 1. The largest absolute Gasteiger partial charge is 0.507 e. The Kier molecular flexibility index (Phi) is 3.46. The SMILES string of the molecule is CC(C)(C)c1nc(-c2c(O)ccc3ccccc23)c2ccccc2n1. The molecule has 0 spiro atoms. The lowest BCUT2D eigenvalue weighted by atomic mass is 9.93. The third-order valence-corrected chi connectivity index (χ3v) is 4.42. The molecule has 3 heteroatoms. The van der Waals surface area contributed by atoms with Gasteiger partial charge < -0.3 is 5.11 Å². The van der Waals surface area contributed by atoms with Crippen molar-refractivity contribution in [3.8, 4) is 17.0 Å². The minimum atomic E-state index is -0.182. The number of benzene rings is 3. The molecule has 25 heavy (non-hydrogen) atoms. The van der Waals surface area contributed by atoms with E-state index in [9.17, 15) is 5.11 Å². The average Bonchev–Trinajstić information content (AvgIpc) is 2.60. The molecule has 0 bridgehead atoms. The van der Waals surface area contributed by atoms with Gasteiger partial charge in [-0.3, -0.25) is 0 Å². The first-order valence-corrected chi connectivity index (χ1v) is 8.43. The summed E-state index contributed by atoms with van der Waals surface area (Å²) in [6.45, 7) is 6.30. The highest BCUT2D eigenvalue weighted by Gasteiger charge is 2.22. The molecule has 0 fully saturated rings. The van der Waals surface area contributed by atoms with Crippen molar-refractivity contribution >= 4 is 21.7 Å². The third kappa shape index (κ3) is 2.62. The van der Waals surface area contributed by atoms with E-state index in [1.54, 1.807) is 6.07 Å². The minimum absolute atomic E-state index is 0.182. The van der Waals surface area contributed by atoms with E-state index in [4.69, 9.17) is 9.97 Å². The second-order valence-corrected chi connectivity index (χ2v) is 7.34. The topological polar surface area (TPSA) is 46.0 Å². The molecular formula is C22H20N2O. The number of hydrogen-bond donors (Lipinski definition) is 1. The zero-order chi connectivity index (χ0) is 17.6. The van der Waals surface area contributed by atoms with E-state index in [1.165, 1.54) is 0 Å². The van der Waals surface area contributed by atoms with E-state index in [0.29, 0.717) is 0 Å². The highest BCUT2D eigenvalue weighted by Crippen LogP contribution is 2.39. The van der Waals surface area contributed by atoms with Gasteiger partial charge in [0.25, 0.3) is 0 Å². The van der Waals surface area contributed by atoms with Crippen molar-refractivity contribution in [2.45, 2.75) is 26.2 Å². The Bertz CT molecular complexity index is 1090. The van der Waals surface area contributed by atoms with E-state index < -0.39 is 0 Å². The third-order valence-electron chi connectivity index (χ3n) is 4.42. The number of para-hydroxylation sites is 1. The normalized spacial score (nSPS) is 12.0. The summed E-state index contributed by atoms with van der Waals surface area (Å²) in [7, 11) is 0. The van der Waals surface area contributed by atoms with Crippen LogP contribution in [0.15, 0.2) is 60.7 Å². The van der Waals surface area contributed by atoms with Crippen molar-refractivity contribution in [2.75, 3.05) is 0 Å². The summed E-state index contributed by atoms with van der Waals surface area (Å²) in [5.74, 6) is 1.01. The van der Waals surface area contributed by atoms with Gasteiger partial charge in [-0.05, 0) is 22.9 Å². The van der Waals surface area contributed by atoms with Crippen LogP contribution < -0.4 is 0 Å². The summed E-state index contributed by atoms with van der Waals surface area (Å²) < 4.78 is 0. The van der Waals surface area contributed by atoms with Crippen LogP contribution in [0.2, 0.25) is 0 Å². The average molecular weight is 328 g/mol. The summed E-state index contributed by atoms with van der Waals surface area (Å²) in [5.41, 5.74) is 2.26. The first kappa shape index (κ1) is 15.6. The van der Waals surface area contributed by atoms with Gasteiger partial charge in [-0.2, -0.15) is 0 Å². The van der Waals surface area contributed by atoms with Crippen molar-refractivity contribution in [3.63, 3.8) is 0 Å². The van der Waals surface area contributed by atoms with Crippen molar-refractivity contribution in [1.29, 1.82) is 0 Å². The molecule has 0 saturated heterocycles. The molecule has 0 amide bonds. The molecule has 3 aromatic carbocycles. The fraction of sp³-hybridized carbons (Fsp3) is 0.182. The fourth-order valence-electron chi connectivity index (χ4n) is 3.11. The standard InChI is InChI=1S/C22H20N2O/c1-22(2,3)21-23-17-11-7-6-10-16(17)20(24-21)19-15-9-5-4-8-14(15)12-13-18(19)25/h4-13,25H,1-3H3. The maximum Gasteiger partial charge on any atom is 0.135 e. The number of hydrogen-bond acceptors (Lipinski definition) is 3. The summed E-state index contributed by atoms with van der Waals surface area (Å²) in [5, 5.41) is 13.7. The van der Waals surface area contributed by atoms with Crippen LogP contribution in [0.25, 0.3) is 32.9 Å². The Morgan fingerprint density at radius 2 is 1.44 bits per heavy atom. The van der Waals surface area contributed by atoms with Crippen LogP contribution in [0, 0.1) is 0 Å². The van der Waals surface area contributed by atoms with Crippen molar-refractivity contribution in [1.82, 2.24) is 9.97 Å². The van der Waals surface area contributed by atoms with Gasteiger partial charge in [-0.15, -0.1) is 0 Å². The zero-order valence-electron chi connectivity index (χ0n) is 14.6. The summed E-state index contributed by atoms with van der Waals surface area (Å²) >= 11 is 0. The van der Waals surface area contributed by atoms with Gasteiger partial charge in [-0.1, -0.05) is 69.3 Å². The molecule has 0 atom stereocenters. The van der Waals surface area contributed by atoms with Crippen LogP contribution in [0.3, 0.4) is 0 Å². The van der Waals surface area contributed by atoms with Crippen molar-refractivity contribution < 1.29 is 5.11 Å². The molecule has 0 aliphatic heterocycles. The molecule has 1 N–H and O–H groups in total. The van der Waals surface area contributed by atoms with Crippen LogP contribution >= 0.6 is 0 Å². The molecule has 3 nitrogen and oxygen atoms in total. The first-order chi connectivity index (χ1) is 11.9. The van der Waals surface area contributed by atoms with Crippen LogP contribution in [-0.2, 0) is 5.41 Å². The quantitative estimate of drug-likeness (QED) is 0.505. The van der Waals surface area contributed by atoms with Crippen LogP contribution in [0.1, 0.15) is 26.6 Å². The minimum Gasteiger partial charge on any atom is -0.507 e. The molecule has 124 valence electrons. The second kappa shape index (κ2) is 5.55. The first-order valence-electron chi connectivity index (χ1n) is 8.43. The molecule has 4 aromatic rings. The van der Waals surface area contributed by atoms with Crippen molar-refractivity contribution in [3.05, 3.63) is 66.5 Å². The Labute approximate surface area is 147 Å². The summed E-state index contributed by atoms with van der Waals surface area (Å²) in [4.78, 5) is 9.63. The predicted octanol–water partition coefficient (Wildman–Crippen LogP) is 5.45. The molecular weight excluding hydrogens is 308 g/mol. The fourth-order valence-corrected chi connectivity index (χ4v) is 3.11. The lowest BCUT2D eigenvalue weighted by Gasteiger charge is -2.19. The van der Waals surface area contributed by atoms with Gasteiger partial charge in [0, 0.05) is 10.8 Å². The Balaban J connectivity index is 2.16. The van der Waals surface area contributed by atoms with E-state index in [2.05, 4.69) is 20.8 Å². The molecule has 4 rings (SSSR count). The Hall–Kier alpha value is -2.94. The molecule has 0 aliphatic rings. The van der Waals surface area contributed by atoms with Crippen LogP contribution in [0.5, 0.6) is 5.75 Å². The van der Waals surface area contributed by atoms with E-state index >= 15 is 0 Å². The van der Waals surface area contributed by atoms with Crippen molar-refractivity contribution in [2.24, 2.45) is 0 Å². The number of rotatable bonds is 1. The van der Waals surface area contributed by atoms with E-state index in [0.717, 1.165) is 38.8 Å². The summed E-state index contributed by atoms with van der Waals surface area (Å²) in [6, 6.07) is 19.7. The second-order valence-electron chi connectivity index (χ2n) is 7.34. The van der Waals surface area contributed by atoms with Gasteiger partial charge in [-0.25, -0.2) is 9.97 Å². The Morgan fingerprint density at radius 1 is 0.760 bits per heavy atom. The number of nitrogens with zero attached hydrogens (tertiary/aromatic N) is 2. The van der Waals surface area contributed by atoms with Gasteiger partial charge in [0.15, 0.2) is 0 Å². The van der Waals surface area contributed by atoms with Gasteiger partial charge >= 0.3 is 0 Å². The van der Waals surface area contributed by atoms with Crippen LogP contribution in [-0.4, -0.2) is 15.1 Å². The number of fused-ring (bicyclic) bond motifs is 2. The lowest BCUT2D eigenvalue weighted by Crippen LogP contribution is -2.16. The molecule has 0 unspecified atom stereocenters. The number of aromatic nitrogens is 2. The Morgan fingerprint density at radius 3 is 2.20 bits per heavy atom. The highest BCUT2D eigenvalue weighted by atomic mass is 16.3. The number of phenols is 1. The maximum atomic E-state index is 10.7. The molecule has 1 heterocycles. The van der Waals surface area contributed by atoms with Gasteiger partial charge in [0.05, 0.1) is 16.8 Å².